The number of nitrogens with one attached hydrogen (secondary N) is 1. The van der Waals surface area contributed by atoms with Gasteiger partial charge < -0.3 is 24.4 Å². The summed E-state index contributed by atoms with van der Waals surface area (Å²) in [7, 11) is 0. The number of benzene rings is 3. The Morgan fingerprint density at radius 3 is 2.14 bits per heavy atom. The fourth-order valence-corrected chi connectivity index (χ4v) is 3.40. The smallest absolute Gasteiger partial charge is 0.412 e. The molecule has 0 heterocycles. The molecule has 0 aliphatic carbocycles. The minimum atomic E-state index is -0.856. The lowest BCUT2D eigenvalue weighted by Crippen LogP contribution is -2.31. The molecule has 0 fully saturated rings. The van der Waals surface area contributed by atoms with Gasteiger partial charge in [-0.1, -0.05) is 30.3 Å². The van der Waals surface area contributed by atoms with E-state index in [4.69, 9.17) is 19.3 Å². The molecule has 0 bridgehead atoms. The zero-order valence-corrected chi connectivity index (χ0v) is 19.4. The molecule has 0 radical (unpaired) electrons. The first-order chi connectivity index (χ1) is 17.0. The molecule has 0 saturated heterocycles. The van der Waals surface area contributed by atoms with Crippen molar-refractivity contribution in [1.29, 1.82) is 0 Å². The normalized spacial score (nSPS) is 12.3. The number of ketones is 1. The molecular weight excluding hydrogens is 450 g/mol. The number of rotatable bonds is 12. The molecule has 3 aromatic rings. The number of hydrogen-bond acceptors (Lipinski definition) is 7. The van der Waals surface area contributed by atoms with E-state index in [1.165, 1.54) is 6.92 Å². The van der Waals surface area contributed by atoms with Gasteiger partial charge in [0.25, 0.3) is 0 Å². The zero-order valence-electron chi connectivity index (χ0n) is 19.4. The topological polar surface area (TPSA) is 114 Å². The van der Waals surface area contributed by atoms with E-state index in [0.717, 1.165) is 0 Å². The van der Waals surface area contributed by atoms with Crippen molar-refractivity contribution in [3.8, 4) is 11.5 Å². The highest BCUT2D eigenvalue weighted by Gasteiger charge is 2.29. The number of amides is 1. The SMILES string of the molecule is CC(=O)c1ccc(NC(=O)O[C@H](c2ccc(OCCO)cc2)[C@@H](CCO)Oc2ccccc2)cc1. The van der Waals surface area contributed by atoms with E-state index in [0.29, 0.717) is 28.3 Å². The van der Waals surface area contributed by atoms with Gasteiger partial charge in [0.2, 0.25) is 0 Å². The van der Waals surface area contributed by atoms with Gasteiger partial charge >= 0.3 is 6.09 Å². The lowest BCUT2D eigenvalue weighted by molar-refractivity contribution is 0.00906. The number of aliphatic hydroxyl groups is 2. The molecule has 0 aliphatic heterocycles. The quantitative estimate of drug-likeness (QED) is 0.330. The largest absolute Gasteiger partial charge is 0.491 e. The number of anilines is 1. The van der Waals surface area contributed by atoms with Crippen LogP contribution in [-0.4, -0.2) is 48.0 Å². The molecule has 3 aromatic carbocycles. The molecule has 0 saturated carbocycles. The second-order valence-electron chi connectivity index (χ2n) is 7.71. The van der Waals surface area contributed by atoms with Gasteiger partial charge in [0, 0.05) is 24.3 Å². The number of carbonyl (C=O) groups is 2. The summed E-state index contributed by atoms with van der Waals surface area (Å²) >= 11 is 0. The second kappa shape index (κ2) is 13.1. The number of para-hydroxylation sites is 1. The number of aliphatic hydroxyl groups excluding tert-OH is 2. The van der Waals surface area contributed by atoms with Gasteiger partial charge in [0.1, 0.15) is 24.2 Å². The van der Waals surface area contributed by atoms with Crippen molar-refractivity contribution in [3.05, 3.63) is 90.0 Å². The fourth-order valence-electron chi connectivity index (χ4n) is 3.40. The van der Waals surface area contributed by atoms with Gasteiger partial charge in [0.05, 0.1) is 6.61 Å². The maximum atomic E-state index is 12.8. The predicted octanol–water partition coefficient (Wildman–Crippen LogP) is 4.38. The van der Waals surface area contributed by atoms with Crippen LogP contribution < -0.4 is 14.8 Å². The molecule has 2 atom stereocenters. The van der Waals surface area contributed by atoms with Gasteiger partial charge in [-0.05, 0) is 61.0 Å². The van der Waals surface area contributed by atoms with Crippen LogP contribution in [0.5, 0.6) is 11.5 Å². The van der Waals surface area contributed by atoms with Crippen LogP contribution in [0.1, 0.15) is 35.4 Å². The third kappa shape index (κ3) is 7.84. The van der Waals surface area contributed by atoms with Crippen molar-refractivity contribution in [2.75, 3.05) is 25.1 Å². The van der Waals surface area contributed by atoms with Crippen LogP contribution in [0.25, 0.3) is 0 Å². The minimum absolute atomic E-state index is 0.0736. The summed E-state index contributed by atoms with van der Waals surface area (Å²) in [4.78, 5) is 24.3. The summed E-state index contributed by atoms with van der Waals surface area (Å²) in [6, 6.07) is 22.4. The van der Waals surface area contributed by atoms with E-state index in [1.807, 2.05) is 18.2 Å². The van der Waals surface area contributed by atoms with E-state index in [1.54, 1.807) is 60.7 Å². The summed E-state index contributed by atoms with van der Waals surface area (Å²) in [6.07, 6.45) is -2.04. The maximum Gasteiger partial charge on any atom is 0.412 e. The highest BCUT2D eigenvalue weighted by atomic mass is 16.6. The van der Waals surface area contributed by atoms with E-state index in [2.05, 4.69) is 5.32 Å². The first-order valence-corrected chi connectivity index (χ1v) is 11.2. The van der Waals surface area contributed by atoms with Crippen LogP contribution in [0.3, 0.4) is 0 Å². The molecule has 0 unspecified atom stereocenters. The van der Waals surface area contributed by atoms with Crippen LogP contribution in [0.15, 0.2) is 78.9 Å². The van der Waals surface area contributed by atoms with Crippen molar-refractivity contribution < 1.29 is 34.0 Å². The first-order valence-electron chi connectivity index (χ1n) is 11.2. The van der Waals surface area contributed by atoms with Crippen LogP contribution in [0.2, 0.25) is 0 Å². The Morgan fingerprint density at radius 1 is 0.857 bits per heavy atom. The molecule has 0 aliphatic rings. The third-order valence-corrected chi connectivity index (χ3v) is 5.12. The summed E-state index contributed by atoms with van der Waals surface area (Å²) in [5, 5.41) is 21.3. The monoisotopic (exact) mass is 479 g/mol. The van der Waals surface area contributed by atoms with Gasteiger partial charge in [-0.25, -0.2) is 4.79 Å². The molecule has 3 rings (SSSR count). The number of hydrogen-bond donors (Lipinski definition) is 3. The standard InChI is InChI=1S/C27H29NO7/c1-19(31)20-7-11-22(12-8-20)28-27(32)35-26(21-9-13-23(14-10-21)33-18-17-30)25(15-16-29)34-24-5-3-2-4-6-24/h2-14,25-26,29-30H,15-18H2,1H3,(H,28,32)/t25-,26-/m1/s1. The lowest BCUT2D eigenvalue weighted by atomic mass is 10.0. The highest BCUT2D eigenvalue weighted by molar-refractivity contribution is 5.95. The molecule has 35 heavy (non-hydrogen) atoms. The Balaban J connectivity index is 1.82. The Hall–Kier alpha value is -3.88. The zero-order chi connectivity index (χ0) is 25.0. The maximum absolute atomic E-state index is 12.8. The van der Waals surface area contributed by atoms with E-state index < -0.39 is 18.3 Å². The molecule has 3 N–H and O–H groups in total. The number of Topliss-reactive ketones (excluding diaryl/α,β-unsaturated/α-hetero) is 1. The minimum Gasteiger partial charge on any atom is -0.491 e. The summed E-state index contributed by atoms with van der Waals surface area (Å²) < 4.78 is 17.3. The number of ether oxygens (including phenoxy) is 3. The van der Waals surface area contributed by atoms with E-state index in [-0.39, 0.29) is 32.0 Å². The van der Waals surface area contributed by atoms with E-state index >= 15 is 0 Å². The average molecular weight is 480 g/mol. The highest BCUT2D eigenvalue weighted by Crippen LogP contribution is 2.29. The summed E-state index contributed by atoms with van der Waals surface area (Å²) in [5.41, 5.74) is 1.64. The molecule has 8 heteroatoms. The first kappa shape index (κ1) is 25.7. The van der Waals surface area contributed by atoms with Gasteiger partial charge in [-0.15, -0.1) is 0 Å². The van der Waals surface area contributed by atoms with Gasteiger partial charge in [0.15, 0.2) is 11.9 Å². The Labute approximate surface area is 204 Å². The second-order valence-corrected chi connectivity index (χ2v) is 7.71. The van der Waals surface area contributed by atoms with Crippen molar-refractivity contribution in [2.45, 2.75) is 25.6 Å². The van der Waals surface area contributed by atoms with Crippen molar-refractivity contribution in [2.24, 2.45) is 0 Å². The van der Waals surface area contributed by atoms with Crippen LogP contribution in [0, 0.1) is 0 Å². The van der Waals surface area contributed by atoms with Crippen LogP contribution in [-0.2, 0) is 4.74 Å². The van der Waals surface area contributed by atoms with Gasteiger partial charge in [-0.3, -0.25) is 10.1 Å². The predicted molar refractivity (Wildman–Crippen MR) is 131 cm³/mol. The third-order valence-electron chi connectivity index (χ3n) is 5.12. The Bertz CT molecular complexity index is 1070. The van der Waals surface area contributed by atoms with Crippen molar-refractivity contribution in [3.63, 3.8) is 0 Å². The van der Waals surface area contributed by atoms with Gasteiger partial charge in [-0.2, -0.15) is 0 Å². The van der Waals surface area contributed by atoms with Crippen molar-refractivity contribution in [1.82, 2.24) is 0 Å². The average Bonchev–Trinajstić information content (AvgIpc) is 2.87. The lowest BCUT2D eigenvalue weighted by Gasteiger charge is -2.28. The molecule has 1 amide bonds. The van der Waals surface area contributed by atoms with Crippen LogP contribution >= 0.6 is 0 Å². The molecular formula is C27H29NO7. The number of carbonyl (C=O) groups excluding carboxylic acids is 2. The van der Waals surface area contributed by atoms with Crippen LogP contribution in [0.4, 0.5) is 10.5 Å². The summed E-state index contributed by atoms with van der Waals surface area (Å²) in [5.74, 6) is 1.05. The molecule has 0 spiro atoms. The fraction of sp³-hybridized carbons (Fsp3) is 0.259. The van der Waals surface area contributed by atoms with Crippen molar-refractivity contribution >= 4 is 17.6 Å². The molecule has 184 valence electrons. The molecule has 8 nitrogen and oxygen atoms in total. The Morgan fingerprint density at radius 2 is 1.54 bits per heavy atom. The summed E-state index contributed by atoms with van der Waals surface area (Å²) in [6.45, 7) is 1.34. The molecule has 0 aromatic heterocycles. The van der Waals surface area contributed by atoms with E-state index in [9.17, 15) is 14.7 Å². The Kier molecular flexibility index (Phi) is 9.65.